The van der Waals surface area contributed by atoms with Gasteiger partial charge in [-0.25, -0.2) is 0 Å². The summed E-state index contributed by atoms with van der Waals surface area (Å²) in [4.78, 5) is 24.9. The van der Waals surface area contributed by atoms with Crippen LogP contribution in [0.5, 0.6) is 5.75 Å². The number of ether oxygens (including phenoxy) is 1. The quantitative estimate of drug-likeness (QED) is 0.783. The Balaban J connectivity index is 2.20. The zero-order valence-corrected chi connectivity index (χ0v) is 14.8. The van der Waals surface area contributed by atoms with Gasteiger partial charge in [0.05, 0.1) is 17.8 Å². The maximum atomic E-state index is 12.2. The van der Waals surface area contributed by atoms with Crippen molar-refractivity contribution >= 4 is 56.0 Å². The molecule has 7 heteroatoms. The Labute approximate surface area is 141 Å². The molecule has 0 radical (unpaired) electrons. The molecular weight excluding hydrogens is 378 g/mol. The van der Waals surface area contributed by atoms with Gasteiger partial charge >= 0.3 is 0 Å². The van der Waals surface area contributed by atoms with Gasteiger partial charge in [-0.05, 0) is 34.0 Å². The molecule has 0 N–H and O–H groups in total. The summed E-state index contributed by atoms with van der Waals surface area (Å²) in [5.74, 6) is 1.45. The van der Waals surface area contributed by atoms with Gasteiger partial charge in [0, 0.05) is 30.1 Å². The van der Waals surface area contributed by atoms with Crippen LogP contribution in [-0.2, 0) is 9.59 Å². The molecule has 4 nitrogen and oxygen atoms in total. The summed E-state index contributed by atoms with van der Waals surface area (Å²) >= 11 is 10.7. The van der Waals surface area contributed by atoms with E-state index < -0.39 is 0 Å². The largest absolute Gasteiger partial charge is 0.495 e. The fraction of sp³-hybridized carbons (Fsp3) is 0.429. The highest BCUT2D eigenvalue weighted by Crippen LogP contribution is 2.39. The third kappa shape index (κ3) is 3.93. The zero-order valence-electron chi connectivity index (χ0n) is 11.7. The molecule has 1 aliphatic heterocycles. The van der Waals surface area contributed by atoms with E-state index in [1.807, 2.05) is 0 Å². The summed E-state index contributed by atoms with van der Waals surface area (Å²) in [7, 11) is 1.56. The van der Waals surface area contributed by atoms with Crippen molar-refractivity contribution in [3.8, 4) is 5.75 Å². The number of hydrogen-bond donors (Lipinski definition) is 0. The Bertz CT molecular complexity index is 582. The second-order valence-corrected chi connectivity index (χ2v) is 7.27. The molecule has 1 atom stereocenters. The molecule has 0 spiro atoms. The summed E-state index contributed by atoms with van der Waals surface area (Å²) < 4.78 is 6.06. The highest BCUT2D eigenvalue weighted by Gasteiger charge is 2.32. The van der Waals surface area contributed by atoms with Crippen LogP contribution in [0.1, 0.15) is 13.3 Å². The lowest BCUT2D eigenvalue weighted by Gasteiger charge is -2.20. The first-order valence-electron chi connectivity index (χ1n) is 6.39. The molecule has 1 fully saturated rings. The van der Waals surface area contributed by atoms with Crippen LogP contribution in [-0.4, -0.2) is 30.4 Å². The van der Waals surface area contributed by atoms with Gasteiger partial charge in [0.2, 0.25) is 5.91 Å². The molecule has 1 amide bonds. The van der Waals surface area contributed by atoms with E-state index in [2.05, 4.69) is 15.9 Å². The lowest BCUT2D eigenvalue weighted by atomic mass is 10.1. The normalized spacial score (nSPS) is 18.2. The van der Waals surface area contributed by atoms with Gasteiger partial charge < -0.3 is 9.64 Å². The van der Waals surface area contributed by atoms with Crippen LogP contribution in [0.4, 0.5) is 5.69 Å². The number of benzene rings is 1. The van der Waals surface area contributed by atoms with Gasteiger partial charge in [-0.3, -0.25) is 9.59 Å². The topological polar surface area (TPSA) is 46.6 Å². The molecule has 0 saturated carbocycles. The minimum absolute atomic E-state index is 0.0286. The summed E-state index contributed by atoms with van der Waals surface area (Å²) in [5.41, 5.74) is 0.672. The van der Waals surface area contributed by atoms with Crippen LogP contribution in [0.3, 0.4) is 0 Å². The maximum absolute atomic E-state index is 12.2. The minimum Gasteiger partial charge on any atom is -0.495 e. The summed E-state index contributed by atoms with van der Waals surface area (Å²) in [6.07, 6.45) is 0.442. The van der Waals surface area contributed by atoms with E-state index in [9.17, 15) is 9.59 Å². The highest BCUT2D eigenvalue weighted by molar-refractivity contribution is 9.10. The SMILES string of the molecule is COc1cc(Br)c(Cl)cc1N1CC(CSC(C)=O)CC1=O. The van der Waals surface area contributed by atoms with Crippen molar-refractivity contribution in [3.63, 3.8) is 0 Å². The van der Waals surface area contributed by atoms with Crippen molar-refractivity contribution in [1.82, 2.24) is 0 Å². The zero-order chi connectivity index (χ0) is 15.6. The maximum Gasteiger partial charge on any atom is 0.227 e. The molecule has 0 bridgehead atoms. The average molecular weight is 393 g/mol. The first-order chi connectivity index (χ1) is 9.92. The Morgan fingerprint density at radius 1 is 1.57 bits per heavy atom. The number of halogens is 2. The third-order valence-electron chi connectivity index (χ3n) is 3.24. The average Bonchev–Trinajstić information content (AvgIpc) is 2.80. The predicted octanol–water partition coefficient (Wildman–Crippen LogP) is 3.74. The molecule has 1 heterocycles. The third-order valence-corrected chi connectivity index (χ3v) is 5.48. The van der Waals surface area contributed by atoms with E-state index in [0.717, 1.165) is 4.47 Å². The van der Waals surface area contributed by atoms with Crippen molar-refractivity contribution < 1.29 is 14.3 Å². The van der Waals surface area contributed by atoms with Gasteiger partial charge in [-0.1, -0.05) is 23.4 Å². The fourth-order valence-electron chi connectivity index (χ4n) is 2.25. The second kappa shape index (κ2) is 7.03. The Morgan fingerprint density at radius 2 is 2.29 bits per heavy atom. The molecule has 0 aliphatic carbocycles. The summed E-state index contributed by atoms with van der Waals surface area (Å²) in [5, 5.41) is 0.602. The second-order valence-electron chi connectivity index (χ2n) is 4.82. The number of carbonyl (C=O) groups excluding carboxylic acids is 2. The smallest absolute Gasteiger partial charge is 0.227 e. The number of methoxy groups -OCH3 is 1. The minimum atomic E-state index is 0.0286. The van der Waals surface area contributed by atoms with Crippen molar-refractivity contribution in [3.05, 3.63) is 21.6 Å². The highest BCUT2D eigenvalue weighted by atomic mass is 79.9. The van der Waals surface area contributed by atoms with Gasteiger partial charge in [0.25, 0.3) is 0 Å². The van der Waals surface area contributed by atoms with E-state index in [1.54, 1.807) is 24.1 Å². The molecule has 1 aromatic rings. The standard InChI is InChI=1S/C14H15BrClNO3S/c1-8(18)21-7-9-3-14(19)17(6-9)12-5-11(16)10(15)4-13(12)20-2/h4-5,9H,3,6-7H2,1-2H3. The Hall–Kier alpha value is -0.720. The molecule has 2 rings (SSSR count). The van der Waals surface area contributed by atoms with Gasteiger partial charge in [0.15, 0.2) is 5.12 Å². The van der Waals surface area contributed by atoms with E-state index in [4.69, 9.17) is 16.3 Å². The number of rotatable bonds is 4. The first kappa shape index (κ1) is 16.6. The Morgan fingerprint density at radius 3 is 2.90 bits per heavy atom. The lowest BCUT2D eigenvalue weighted by molar-refractivity contribution is -0.117. The fourth-order valence-corrected chi connectivity index (χ4v) is 3.43. The molecule has 1 aromatic carbocycles. The number of nitrogens with zero attached hydrogens (tertiary/aromatic N) is 1. The van der Waals surface area contributed by atoms with Crippen LogP contribution in [0.25, 0.3) is 0 Å². The monoisotopic (exact) mass is 391 g/mol. The summed E-state index contributed by atoms with van der Waals surface area (Å²) in [6.45, 7) is 2.12. The molecular formula is C14H15BrClNO3S. The van der Waals surface area contributed by atoms with E-state index in [-0.39, 0.29) is 16.9 Å². The van der Waals surface area contributed by atoms with Crippen LogP contribution in [0.15, 0.2) is 16.6 Å². The van der Waals surface area contributed by atoms with Crippen LogP contribution < -0.4 is 9.64 Å². The van der Waals surface area contributed by atoms with Crippen molar-refractivity contribution in [2.45, 2.75) is 13.3 Å². The van der Waals surface area contributed by atoms with E-state index >= 15 is 0 Å². The number of carbonyl (C=O) groups is 2. The van der Waals surface area contributed by atoms with Crippen molar-refractivity contribution in [2.75, 3.05) is 24.3 Å². The van der Waals surface area contributed by atoms with Gasteiger partial charge in [0.1, 0.15) is 5.75 Å². The van der Waals surface area contributed by atoms with Crippen molar-refractivity contribution in [1.29, 1.82) is 0 Å². The lowest BCUT2D eigenvalue weighted by Crippen LogP contribution is -2.25. The van der Waals surface area contributed by atoms with Crippen LogP contribution >= 0.6 is 39.3 Å². The molecule has 1 saturated heterocycles. The first-order valence-corrected chi connectivity index (χ1v) is 8.54. The van der Waals surface area contributed by atoms with Crippen LogP contribution in [0.2, 0.25) is 5.02 Å². The van der Waals surface area contributed by atoms with Crippen LogP contribution in [0, 0.1) is 5.92 Å². The van der Waals surface area contributed by atoms with Gasteiger partial charge in [-0.2, -0.15) is 0 Å². The summed E-state index contributed by atoms with van der Waals surface area (Å²) in [6, 6.07) is 3.48. The molecule has 0 aromatic heterocycles. The predicted molar refractivity (Wildman–Crippen MR) is 89.3 cm³/mol. The van der Waals surface area contributed by atoms with Crippen molar-refractivity contribution in [2.24, 2.45) is 5.92 Å². The Kier molecular flexibility index (Phi) is 5.57. The number of anilines is 1. The van der Waals surface area contributed by atoms with E-state index in [0.29, 0.717) is 35.2 Å². The molecule has 114 valence electrons. The number of thioether (sulfide) groups is 1. The number of amides is 1. The molecule has 1 aliphatic rings. The molecule has 21 heavy (non-hydrogen) atoms. The van der Waals surface area contributed by atoms with Gasteiger partial charge in [-0.15, -0.1) is 0 Å². The van der Waals surface area contributed by atoms with E-state index in [1.165, 1.54) is 18.7 Å². The molecule has 1 unspecified atom stereocenters. The number of hydrogen-bond acceptors (Lipinski definition) is 4.